The fourth-order valence-corrected chi connectivity index (χ4v) is 4.94. The van der Waals surface area contributed by atoms with Crippen molar-refractivity contribution in [1.29, 1.82) is 0 Å². The second-order valence-corrected chi connectivity index (χ2v) is 9.63. The van der Waals surface area contributed by atoms with Gasteiger partial charge in [0.15, 0.2) is 0 Å². The molecule has 1 fully saturated rings. The van der Waals surface area contributed by atoms with Crippen molar-refractivity contribution >= 4 is 49.1 Å². The highest BCUT2D eigenvalue weighted by molar-refractivity contribution is 9.10. The molecule has 0 spiro atoms. The molecule has 0 radical (unpaired) electrons. The molecular formula is C19H20BrClN2O3S. The van der Waals surface area contributed by atoms with Crippen molar-refractivity contribution in [3.05, 3.63) is 58.0 Å². The van der Waals surface area contributed by atoms with Crippen LogP contribution in [0.4, 0.5) is 5.69 Å². The summed E-state index contributed by atoms with van der Waals surface area (Å²) in [5, 5.41) is 3.45. The Labute approximate surface area is 172 Å². The quantitative estimate of drug-likeness (QED) is 0.670. The van der Waals surface area contributed by atoms with Gasteiger partial charge in [-0.05, 0) is 61.4 Å². The van der Waals surface area contributed by atoms with Gasteiger partial charge in [0.2, 0.25) is 15.9 Å². The maximum Gasteiger partial charge on any atom is 0.240 e. The molecule has 1 saturated carbocycles. The number of rotatable bonds is 5. The molecule has 2 N–H and O–H groups in total. The molecule has 0 aromatic heterocycles. The van der Waals surface area contributed by atoms with Gasteiger partial charge in [0.05, 0.1) is 10.8 Å². The van der Waals surface area contributed by atoms with Crippen LogP contribution < -0.4 is 10.0 Å². The minimum atomic E-state index is -3.69. The molecule has 144 valence electrons. The van der Waals surface area contributed by atoms with Gasteiger partial charge in [0.25, 0.3) is 0 Å². The van der Waals surface area contributed by atoms with E-state index in [0.29, 0.717) is 23.6 Å². The van der Waals surface area contributed by atoms with E-state index < -0.39 is 22.0 Å². The molecule has 8 heteroatoms. The van der Waals surface area contributed by atoms with Gasteiger partial charge in [-0.2, -0.15) is 0 Å². The second kappa shape index (κ2) is 8.73. The molecule has 2 aromatic carbocycles. The third-order valence-electron chi connectivity index (χ3n) is 4.64. The summed E-state index contributed by atoms with van der Waals surface area (Å²) in [6.45, 7) is 0. The van der Waals surface area contributed by atoms with Gasteiger partial charge >= 0.3 is 0 Å². The molecule has 2 aromatic rings. The van der Waals surface area contributed by atoms with Gasteiger partial charge in [0, 0.05) is 21.2 Å². The number of anilines is 1. The minimum absolute atomic E-state index is 0.180. The zero-order valence-electron chi connectivity index (χ0n) is 14.5. The van der Waals surface area contributed by atoms with E-state index in [2.05, 4.69) is 26.0 Å². The first kappa shape index (κ1) is 20.3. The summed E-state index contributed by atoms with van der Waals surface area (Å²) in [6.07, 6.45) is 3.06. The Morgan fingerprint density at radius 2 is 1.63 bits per heavy atom. The van der Waals surface area contributed by atoms with Gasteiger partial charge in [0.1, 0.15) is 0 Å². The molecule has 1 amide bonds. The SMILES string of the molecule is O=C(Nc1ccc(Cl)cc1)[C@@H]1CCCC[C@@H]1NS(=O)(=O)c1ccc(Br)cc1. The van der Waals surface area contributed by atoms with Crippen LogP contribution in [0.1, 0.15) is 25.7 Å². The number of nitrogens with one attached hydrogen (secondary N) is 2. The highest BCUT2D eigenvalue weighted by atomic mass is 79.9. The topological polar surface area (TPSA) is 75.3 Å². The van der Waals surface area contributed by atoms with Gasteiger partial charge in [-0.25, -0.2) is 13.1 Å². The number of carbonyl (C=O) groups excluding carboxylic acids is 1. The first-order valence-corrected chi connectivity index (χ1v) is 11.3. The normalized spacial score (nSPS) is 20.2. The first-order valence-electron chi connectivity index (χ1n) is 8.69. The molecule has 0 saturated heterocycles. The molecule has 5 nitrogen and oxygen atoms in total. The van der Waals surface area contributed by atoms with Crippen molar-refractivity contribution in [2.45, 2.75) is 36.6 Å². The van der Waals surface area contributed by atoms with Crippen molar-refractivity contribution in [1.82, 2.24) is 4.72 Å². The molecule has 3 rings (SSSR count). The van der Waals surface area contributed by atoms with E-state index >= 15 is 0 Å². The molecular weight excluding hydrogens is 452 g/mol. The largest absolute Gasteiger partial charge is 0.326 e. The molecule has 0 bridgehead atoms. The fourth-order valence-electron chi connectivity index (χ4n) is 3.24. The summed E-state index contributed by atoms with van der Waals surface area (Å²) in [5.74, 6) is -0.597. The Kier molecular flexibility index (Phi) is 6.57. The van der Waals surface area contributed by atoms with Crippen molar-refractivity contribution in [2.24, 2.45) is 5.92 Å². The van der Waals surface area contributed by atoms with Crippen molar-refractivity contribution in [3.63, 3.8) is 0 Å². The molecule has 0 unspecified atom stereocenters. The van der Waals surface area contributed by atoms with Crippen LogP contribution in [0, 0.1) is 5.92 Å². The van der Waals surface area contributed by atoms with E-state index in [1.165, 1.54) is 12.1 Å². The molecule has 27 heavy (non-hydrogen) atoms. The number of benzene rings is 2. The lowest BCUT2D eigenvalue weighted by Gasteiger charge is -2.31. The van der Waals surface area contributed by atoms with Gasteiger partial charge < -0.3 is 5.32 Å². The van der Waals surface area contributed by atoms with Crippen LogP contribution >= 0.6 is 27.5 Å². The van der Waals surface area contributed by atoms with Gasteiger partial charge in [-0.15, -0.1) is 0 Å². The Morgan fingerprint density at radius 1 is 1.00 bits per heavy atom. The predicted molar refractivity (Wildman–Crippen MR) is 110 cm³/mol. The van der Waals surface area contributed by atoms with Crippen LogP contribution in [0.3, 0.4) is 0 Å². The Bertz CT molecular complexity index is 902. The van der Waals surface area contributed by atoms with Crippen LogP contribution in [0.15, 0.2) is 57.9 Å². The number of sulfonamides is 1. The van der Waals surface area contributed by atoms with E-state index in [-0.39, 0.29) is 10.8 Å². The lowest BCUT2D eigenvalue weighted by molar-refractivity contribution is -0.121. The third-order valence-corrected chi connectivity index (χ3v) is 6.93. The lowest BCUT2D eigenvalue weighted by atomic mass is 9.84. The van der Waals surface area contributed by atoms with E-state index in [9.17, 15) is 13.2 Å². The van der Waals surface area contributed by atoms with E-state index in [1.54, 1.807) is 36.4 Å². The molecule has 0 heterocycles. The molecule has 2 atom stereocenters. The summed E-state index contributed by atoms with van der Waals surface area (Å²) >= 11 is 9.17. The monoisotopic (exact) mass is 470 g/mol. The average molecular weight is 472 g/mol. The maximum absolute atomic E-state index is 12.7. The first-order chi connectivity index (χ1) is 12.8. The van der Waals surface area contributed by atoms with E-state index in [4.69, 9.17) is 11.6 Å². The van der Waals surface area contributed by atoms with Crippen LogP contribution in [-0.2, 0) is 14.8 Å². The predicted octanol–water partition coefficient (Wildman–Crippen LogP) is 4.58. The highest BCUT2D eigenvalue weighted by Gasteiger charge is 2.34. The summed E-state index contributed by atoms with van der Waals surface area (Å²) in [5.41, 5.74) is 0.643. The van der Waals surface area contributed by atoms with Crippen LogP contribution in [0.2, 0.25) is 5.02 Å². The van der Waals surface area contributed by atoms with Crippen LogP contribution in [-0.4, -0.2) is 20.4 Å². The van der Waals surface area contributed by atoms with Crippen LogP contribution in [0.25, 0.3) is 0 Å². The third kappa shape index (κ3) is 5.31. The Morgan fingerprint density at radius 3 is 2.30 bits per heavy atom. The number of carbonyl (C=O) groups is 1. The highest BCUT2D eigenvalue weighted by Crippen LogP contribution is 2.28. The molecule has 1 aliphatic rings. The zero-order chi connectivity index (χ0) is 19.4. The fraction of sp³-hybridized carbons (Fsp3) is 0.316. The standard InChI is InChI=1S/C19H20BrClN2O3S/c20-13-5-11-16(12-6-13)27(25,26)23-18-4-2-1-3-17(18)19(24)22-15-9-7-14(21)8-10-15/h5-12,17-18,23H,1-4H2,(H,22,24)/t17-,18+/m1/s1. The number of hydrogen-bond donors (Lipinski definition) is 2. The van der Waals surface area contributed by atoms with Crippen LogP contribution in [0.5, 0.6) is 0 Å². The van der Waals surface area contributed by atoms with Crippen molar-refractivity contribution in [3.8, 4) is 0 Å². The number of hydrogen-bond acceptors (Lipinski definition) is 3. The van der Waals surface area contributed by atoms with Crippen molar-refractivity contribution in [2.75, 3.05) is 5.32 Å². The zero-order valence-corrected chi connectivity index (χ0v) is 17.6. The Balaban J connectivity index is 1.73. The Hall–Kier alpha value is -1.41. The smallest absolute Gasteiger partial charge is 0.240 e. The molecule has 0 aliphatic heterocycles. The van der Waals surface area contributed by atoms with Gasteiger partial charge in [-0.3, -0.25) is 4.79 Å². The number of halogens is 2. The summed E-state index contributed by atoms with van der Waals surface area (Å²) in [6, 6.07) is 12.9. The second-order valence-electron chi connectivity index (χ2n) is 6.57. The lowest BCUT2D eigenvalue weighted by Crippen LogP contribution is -2.46. The number of amides is 1. The summed E-state index contributed by atoms with van der Waals surface area (Å²) in [7, 11) is -3.69. The van der Waals surface area contributed by atoms with Crippen molar-refractivity contribution < 1.29 is 13.2 Å². The molecule has 1 aliphatic carbocycles. The van der Waals surface area contributed by atoms with E-state index in [0.717, 1.165) is 17.3 Å². The maximum atomic E-state index is 12.7. The summed E-state index contributed by atoms with van der Waals surface area (Å²) < 4.78 is 28.9. The minimum Gasteiger partial charge on any atom is -0.326 e. The average Bonchev–Trinajstić information content (AvgIpc) is 2.64. The van der Waals surface area contributed by atoms with E-state index in [1.807, 2.05) is 0 Å². The van der Waals surface area contributed by atoms with Gasteiger partial charge in [-0.1, -0.05) is 40.4 Å². The summed E-state index contributed by atoms with van der Waals surface area (Å²) in [4.78, 5) is 12.9.